The third-order valence-corrected chi connectivity index (χ3v) is 12.1. The summed E-state index contributed by atoms with van der Waals surface area (Å²) in [6.07, 6.45) is -2.71. The van der Waals surface area contributed by atoms with Crippen molar-refractivity contribution < 1.29 is 63.2 Å². The molecule has 4 rings (SSSR count). The molecular formula is C45H61N7O13S. The number of piperidine rings is 1. The number of aromatic hydroxyl groups is 1. The third kappa shape index (κ3) is 14.1. The Labute approximate surface area is 387 Å². The molecule has 9 atom stereocenters. The fraction of sp³-hybridized carbons (Fsp3) is 0.533. The Kier molecular flexibility index (Phi) is 19.3. The number of rotatable bonds is 14. The maximum atomic E-state index is 15.0. The molecule has 21 heteroatoms. The highest BCUT2D eigenvalue weighted by Gasteiger charge is 2.46. The predicted molar refractivity (Wildman–Crippen MR) is 240 cm³/mol. The molecule has 0 saturated carbocycles. The number of ether oxygens (including phenoxy) is 1. The van der Waals surface area contributed by atoms with Crippen LogP contribution in [0.1, 0.15) is 70.9 Å². The number of carbonyl (C=O) groups excluding carboxylic acids is 8. The molecule has 8 N–H and O–H groups in total. The second-order valence-corrected chi connectivity index (χ2v) is 17.7. The number of aliphatic hydroxyl groups excluding tert-OH is 1. The lowest BCUT2D eigenvalue weighted by molar-refractivity contribution is -0.165. The number of hydrogen-bond acceptors (Lipinski definition) is 13. The largest absolute Gasteiger partial charge is 0.508 e. The molecule has 2 aliphatic heterocycles. The monoisotopic (exact) mass is 939 g/mol. The van der Waals surface area contributed by atoms with Gasteiger partial charge in [0.05, 0.1) is 6.42 Å². The molecule has 0 spiro atoms. The summed E-state index contributed by atoms with van der Waals surface area (Å²) in [6.45, 7) is 5.93. The Balaban J connectivity index is 1.88. The minimum Gasteiger partial charge on any atom is -0.508 e. The molecule has 2 aromatic carbocycles. The second kappa shape index (κ2) is 24.3. The number of aliphatic hydroxyl groups is 1. The highest BCUT2D eigenvalue weighted by atomic mass is 32.2. The van der Waals surface area contributed by atoms with Crippen molar-refractivity contribution in [2.24, 2.45) is 5.92 Å². The van der Waals surface area contributed by atoms with Gasteiger partial charge < -0.3 is 56.4 Å². The SMILES string of the molecule is CCC(=O)NC(CC(=O)O)C(=O)NC1C(=O)NC(CCSC)C(=O)NC2CCC(O)N(C2=O)C(Cc2ccccc2)C(=O)N(C)C(Cc2ccc(O)cc2)C(=O)NC(C(C)C)C(=O)OC1C. The van der Waals surface area contributed by atoms with Crippen molar-refractivity contribution in [2.45, 2.75) is 127 Å². The van der Waals surface area contributed by atoms with Crippen LogP contribution in [0.4, 0.5) is 0 Å². The Morgan fingerprint density at radius 3 is 2.11 bits per heavy atom. The normalized spacial score (nSPS) is 25.3. The summed E-state index contributed by atoms with van der Waals surface area (Å²) >= 11 is 1.34. The van der Waals surface area contributed by atoms with Crippen LogP contribution < -0.4 is 26.6 Å². The lowest BCUT2D eigenvalue weighted by Crippen LogP contribution is -2.65. The summed E-state index contributed by atoms with van der Waals surface area (Å²) in [7, 11) is 1.35. The number of phenolic OH excluding ortho intramolecular Hbond substituents is 1. The van der Waals surface area contributed by atoms with Gasteiger partial charge in [-0.1, -0.05) is 63.2 Å². The van der Waals surface area contributed by atoms with E-state index in [0.717, 1.165) is 9.80 Å². The molecule has 2 bridgehead atoms. The van der Waals surface area contributed by atoms with E-state index < -0.39 is 120 Å². The minimum absolute atomic E-state index is 0.00118. The van der Waals surface area contributed by atoms with Crippen LogP contribution in [-0.2, 0) is 60.7 Å². The van der Waals surface area contributed by atoms with Crippen molar-refractivity contribution in [3.63, 3.8) is 0 Å². The molecule has 2 fully saturated rings. The Bertz CT molecular complexity index is 2070. The lowest BCUT2D eigenvalue weighted by atomic mass is 9.95. The molecule has 0 aliphatic carbocycles. The van der Waals surface area contributed by atoms with E-state index in [1.54, 1.807) is 62.6 Å². The van der Waals surface area contributed by atoms with E-state index in [4.69, 9.17) is 4.74 Å². The van der Waals surface area contributed by atoms with Crippen molar-refractivity contribution in [1.29, 1.82) is 0 Å². The number of carboxylic acids is 1. The van der Waals surface area contributed by atoms with Gasteiger partial charge in [-0.3, -0.25) is 38.4 Å². The van der Waals surface area contributed by atoms with Gasteiger partial charge in [0.15, 0.2) is 0 Å². The Morgan fingerprint density at radius 2 is 1.50 bits per heavy atom. The standard InChI is InChI=1S/C45H61N7O13S/c1-7-34(54)46-31(23-36(56)57)40(59)50-38-25(4)65-45(64)37(24(2)3)49-41(60)32(21-27-13-15-28(53)16-14-27)51(5)44(63)33(22-26-11-9-8-10-12-26)52-35(55)18-17-30(43(52)62)48-39(58)29(19-20-66-6)47-42(38)61/h8-16,24-25,29-33,35,37-38,53,55H,7,17-23H2,1-6H3,(H,46,54)(H,47,61)(H,48,58)(H,49,60)(H,50,59)(H,56,57). The molecule has 2 saturated heterocycles. The van der Waals surface area contributed by atoms with Gasteiger partial charge in [0.2, 0.25) is 41.4 Å². The minimum atomic E-state index is -1.82. The molecule has 20 nitrogen and oxygen atoms in total. The number of likely N-dealkylation sites (N-methyl/N-ethyl adjacent to an activating group) is 1. The number of benzene rings is 2. The number of fused-ring (bicyclic) bond motifs is 2. The molecule has 2 aliphatic rings. The fourth-order valence-electron chi connectivity index (χ4n) is 7.63. The van der Waals surface area contributed by atoms with E-state index >= 15 is 0 Å². The van der Waals surface area contributed by atoms with E-state index in [9.17, 15) is 58.5 Å². The number of nitrogens with one attached hydrogen (secondary N) is 5. The van der Waals surface area contributed by atoms with Gasteiger partial charge in [-0.05, 0) is 67.4 Å². The topological polar surface area (TPSA) is 290 Å². The maximum Gasteiger partial charge on any atom is 0.329 e. The zero-order chi connectivity index (χ0) is 48.8. The van der Waals surface area contributed by atoms with E-state index in [1.807, 2.05) is 0 Å². The van der Waals surface area contributed by atoms with Crippen LogP contribution in [-0.4, -0.2) is 152 Å². The van der Waals surface area contributed by atoms with Crippen LogP contribution in [0.15, 0.2) is 54.6 Å². The van der Waals surface area contributed by atoms with Crippen LogP contribution in [0.2, 0.25) is 0 Å². The molecule has 360 valence electrons. The third-order valence-electron chi connectivity index (χ3n) is 11.4. The predicted octanol–water partition coefficient (Wildman–Crippen LogP) is -0.0231. The lowest BCUT2D eigenvalue weighted by Gasteiger charge is -2.43. The van der Waals surface area contributed by atoms with Crippen LogP contribution >= 0.6 is 11.8 Å². The average molecular weight is 940 g/mol. The van der Waals surface area contributed by atoms with E-state index in [2.05, 4.69) is 26.6 Å². The van der Waals surface area contributed by atoms with Gasteiger partial charge in [-0.25, -0.2) is 4.79 Å². The summed E-state index contributed by atoms with van der Waals surface area (Å²) < 4.78 is 5.78. The maximum absolute atomic E-state index is 15.0. The highest BCUT2D eigenvalue weighted by Crippen LogP contribution is 2.25. The molecule has 0 aromatic heterocycles. The number of thioether (sulfide) groups is 1. The summed E-state index contributed by atoms with van der Waals surface area (Å²) in [5.74, 6) is -9.04. The zero-order valence-electron chi connectivity index (χ0n) is 37.9. The molecule has 7 amide bonds. The quantitative estimate of drug-likeness (QED) is 0.116. The van der Waals surface area contributed by atoms with Gasteiger partial charge >= 0.3 is 11.9 Å². The molecular weight excluding hydrogens is 879 g/mol. The van der Waals surface area contributed by atoms with Gasteiger partial charge in [-0.2, -0.15) is 11.8 Å². The number of amides is 7. The van der Waals surface area contributed by atoms with Crippen molar-refractivity contribution in [1.82, 2.24) is 36.4 Å². The average Bonchev–Trinajstić information content (AvgIpc) is 3.27. The first-order chi connectivity index (χ1) is 31.2. The number of carbonyl (C=O) groups is 9. The summed E-state index contributed by atoms with van der Waals surface area (Å²) in [5.41, 5.74) is 1.10. The molecule has 2 aromatic rings. The fourth-order valence-corrected chi connectivity index (χ4v) is 8.10. The van der Waals surface area contributed by atoms with Crippen molar-refractivity contribution in [3.8, 4) is 5.75 Å². The van der Waals surface area contributed by atoms with Gasteiger partial charge in [0.25, 0.3) is 0 Å². The van der Waals surface area contributed by atoms with Crippen molar-refractivity contribution >= 4 is 65.1 Å². The van der Waals surface area contributed by atoms with Crippen molar-refractivity contribution in [2.75, 3.05) is 19.1 Å². The first-order valence-electron chi connectivity index (χ1n) is 21.8. The summed E-state index contributed by atoms with van der Waals surface area (Å²) in [5, 5.41) is 43.7. The van der Waals surface area contributed by atoms with Gasteiger partial charge in [0, 0.05) is 26.3 Å². The first kappa shape index (κ1) is 52.4. The van der Waals surface area contributed by atoms with Gasteiger partial charge in [-0.15, -0.1) is 0 Å². The summed E-state index contributed by atoms with van der Waals surface area (Å²) in [4.78, 5) is 127. The number of hydrogen-bond donors (Lipinski definition) is 8. The smallest absolute Gasteiger partial charge is 0.329 e. The first-order valence-corrected chi connectivity index (χ1v) is 23.2. The van der Waals surface area contributed by atoms with Crippen molar-refractivity contribution in [3.05, 3.63) is 65.7 Å². The number of aliphatic carboxylic acids is 1. The number of carboxylic acid groups (broad SMARTS) is 1. The molecule has 66 heavy (non-hydrogen) atoms. The number of phenols is 1. The van der Waals surface area contributed by atoms with E-state index in [1.165, 1.54) is 44.8 Å². The van der Waals surface area contributed by atoms with Crippen LogP contribution in [0.25, 0.3) is 0 Å². The van der Waals surface area contributed by atoms with Crippen LogP contribution in [0, 0.1) is 5.92 Å². The number of nitrogens with zero attached hydrogens (tertiary/aromatic N) is 2. The van der Waals surface area contributed by atoms with E-state index in [0.29, 0.717) is 16.9 Å². The van der Waals surface area contributed by atoms with Gasteiger partial charge in [0.1, 0.15) is 60.4 Å². The van der Waals surface area contributed by atoms with E-state index in [-0.39, 0.29) is 44.3 Å². The Morgan fingerprint density at radius 1 is 0.864 bits per heavy atom. The summed E-state index contributed by atoms with van der Waals surface area (Å²) in [6, 6.07) is 4.12. The Hall–Kier alpha value is -6.22. The highest BCUT2D eigenvalue weighted by molar-refractivity contribution is 7.98. The number of esters is 1. The number of cyclic esters (lactones) is 1. The second-order valence-electron chi connectivity index (χ2n) is 16.7. The zero-order valence-corrected chi connectivity index (χ0v) is 38.7. The van der Waals surface area contributed by atoms with Crippen LogP contribution in [0.3, 0.4) is 0 Å². The van der Waals surface area contributed by atoms with Crippen LogP contribution in [0.5, 0.6) is 5.75 Å². The molecule has 0 radical (unpaired) electrons. The molecule has 9 unspecified atom stereocenters. The molecule has 2 heterocycles.